The van der Waals surface area contributed by atoms with E-state index in [0.29, 0.717) is 29.4 Å². The number of amides is 1. The van der Waals surface area contributed by atoms with Crippen molar-refractivity contribution in [1.82, 2.24) is 4.57 Å². The minimum absolute atomic E-state index is 0.0289. The Kier molecular flexibility index (Phi) is 5.93. The van der Waals surface area contributed by atoms with Gasteiger partial charge in [0.2, 0.25) is 5.91 Å². The number of aliphatic hydroxyl groups excluding tert-OH is 3. The minimum Gasteiger partial charge on any atom is -0.395 e. The number of fused-ring (bicyclic) bond motifs is 2. The maximum absolute atomic E-state index is 15.3. The predicted octanol–water partition coefficient (Wildman–Crippen LogP) is 3.40. The number of benzene rings is 2. The molecule has 5 rings (SSSR count). The normalized spacial score (nSPS) is 18.2. The zero-order chi connectivity index (χ0) is 26.8. The molecule has 1 aliphatic heterocycles. The summed E-state index contributed by atoms with van der Waals surface area (Å²) in [6.45, 7) is 2.82. The largest absolute Gasteiger partial charge is 0.586 e. The summed E-state index contributed by atoms with van der Waals surface area (Å²) in [4.78, 5) is 13.3. The number of anilines is 1. The van der Waals surface area contributed by atoms with E-state index in [-0.39, 0.29) is 35.9 Å². The van der Waals surface area contributed by atoms with Crippen molar-refractivity contribution in [2.45, 2.75) is 56.5 Å². The van der Waals surface area contributed by atoms with Crippen LogP contribution in [0.25, 0.3) is 10.9 Å². The number of hydrogen-bond donors (Lipinski definition) is 4. The second kappa shape index (κ2) is 8.64. The molecule has 1 aliphatic carbocycles. The lowest BCUT2D eigenvalue weighted by atomic mass is 9.90. The second-order valence-corrected chi connectivity index (χ2v) is 10.2. The molecule has 1 saturated carbocycles. The molecule has 1 amide bonds. The lowest BCUT2D eigenvalue weighted by molar-refractivity contribution is -0.287. The Morgan fingerprint density at radius 1 is 1.19 bits per heavy atom. The van der Waals surface area contributed by atoms with Crippen LogP contribution in [0.15, 0.2) is 36.4 Å². The van der Waals surface area contributed by atoms with Crippen molar-refractivity contribution >= 4 is 22.5 Å². The van der Waals surface area contributed by atoms with Crippen molar-refractivity contribution in [3.05, 3.63) is 53.5 Å². The van der Waals surface area contributed by atoms with Crippen LogP contribution in [0.1, 0.15) is 37.9 Å². The Morgan fingerprint density at radius 3 is 2.57 bits per heavy atom. The molecule has 0 bridgehead atoms. The number of nitrogens with zero attached hydrogens (tertiary/aromatic N) is 1. The number of alkyl halides is 2. The first-order chi connectivity index (χ1) is 17.4. The third kappa shape index (κ3) is 4.30. The number of para-hydroxylation sites is 1. The number of hydrogen-bond acceptors (Lipinski definition) is 6. The zero-order valence-corrected chi connectivity index (χ0v) is 20.2. The summed E-state index contributed by atoms with van der Waals surface area (Å²) in [7, 11) is 0. The maximum atomic E-state index is 15.3. The Morgan fingerprint density at radius 2 is 1.92 bits per heavy atom. The summed E-state index contributed by atoms with van der Waals surface area (Å²) < 4.78 is 53.4. The fraction of sp³-hybridized carbons (Fsp3) is 0.423. The van der Waals surface area contributed by atoms with Gasteiger partial charge in [-0.15, -0.1) is 8.78 Å². The number of halogens is 3. The number of aromatic nitrogens is 1. The van der Waals surface area contributed by atoms with Crippen LogP contribution >= 0.6 is 0 Å². The number of rotatable bonds is 8. The van der Waals surface area contributed by atoms with E-state index in [1.165, 1.54) is 30.3 Å². The van der Waals surface area contributed by atoms with Gasteiger partial charge in [0.15, 0.2) is 11.5 Å². The highest BCUT2D eigenvalue weighted by molar-refractivity contribution is 6.03. The Labute approximate surface area is 210 Å². The summed E-state index contributed by atoms with van der Waals surface area (Å²) in [6.07, 6.45) is -4.22. The van der Waals surface area contributed by atoms with Crippen LogP contribution in [-0.2, 0) is 22.2 Å². The zero-order valence-electron chi connectivity index (χ0n) is 20.2. The fourth-order valence-corrected chi connectivity index (χ4v) is 4.82. The third-order valence-electron chi connectivity index (χ3n) is 7.06. The van der Waals surface area contributed by atoms with Gasteiger partial charge in [-0.2, -0.15) is 0 Å². The van der Waals surface area contributed by atoms with Gasteiger partial charge in [-0.05, 0) is 31.0 Å². The van der Waals surface area contributed by atoms with Gasteiger partial charge in [0.1, 0.15) is 5.82 Å². The number of ether oxygens (including phenoxy) is 2. The summed E-state index contributed by atoms with van der Waals surface area (Å²) in [5, 5.41) is 32.4. The van der Waals surface area contributed by atoms with Gasteiger partial charge >= 0.3 is 6.29 Å². The highest BCUT2D eigenvalue weighted by Gasteiger charge is 2.56. The van der Waals surface area contributed by atoms with Crippen LogP contribution in [0, 0.1) is 5.82 Å². The van der Waals surface area contributed by atoms with E-state index < -0.39 is 41.6 Å². The highest BCUT2D eigenvalue weighted by Crippen LogP contribution is 2.56. The van der Waals surface area contributed by atoms with Gasteiger partial charge in [0, 0.05) is 28.1 Å². The molecule has 1 aromatic heterocycles. The minimum atomic E-state index is -3.83. The first-order valence-corrected chi connectivity index (χ1v) is 11.8. The van der Waals surface area contributed by atoms with Crippen LogP contribution in [0.2, 0.25) is 0 Å². The first-order valence-electron chi connectivity index (χ1n) is 11.8. The van der Waals surface area contributed by atoms with E-state index in [4.69, 9.17) is 0 Å². The molecule has 37 heavy (non-hydrogen) atoms. The third-order valence-corrected chi connectivity index (χ3v) is 7.06. The molecule has 2 heterocycles. The summed E-state index contributed by atoms with van der Waals surface area (Å²) in [5.74, 6) is -1.68. The quantitative estimate of drug-likeness (QED) is 0.362. The number of aliphatic hydroxyl groups is 3. The molecule has 0 saturated heterocycles. The molecule has 3 aromatic rings. The topological polar surface area (TPSA) is 113 Å². The maximum Gasteiger partial charge on any atom is 0.586 e. The van der Waals surface area contributed by atoms with Crippen molar-refractivity contribution in [2.24, 2.45) is 0 Å². The van der Waals surface area contributed by atoms with Crippen molar-refractivity contribution in [3.63, 3.8) is 0 Å². The lowest BCUT2D eigenvalue weighted by Crippen LogP contribution is -2.30. The molecule has 2 aromatic carbocycles. The Bertz CT molecular complexity index is 1380. The SMILES string of the molecule is CC(C)(CO)c1cc2cc(NC(=O)C3(c4cccc5c4OC(F)(F)O5)CC3)c(F)cc2n1CC(O)CO. The molecule has 0 radical (unpaired) electrons. The summed E-state index contributed by atoms with van der Waals surface area (Å²) >= 11 is 0. The number of carbonyl (C=O) groups excluding carboxylic acids is 1. The van der Waals surface area contributed by atoms with Crippen molar-refractivity contribution in [2.75, 3.05) is 18.5 Å². The number of nitrogens with one attached hydrogen (secondary N) is 1. The Hall–Kier alpha value is -3.28. The van der Waals surface area contributed by atoms with Crippen LogP contribution in [-0.4, -0.2) is 51.4 Å². The average Bonchev–Trinajstić information content (AvgIpc) is 3.49. The van der Waals surface area contributed by atoms with Crippen LogP contribution in [0.3, 0.4) is 0 Å². The first kappa shape index (κ1) is 25.4. The van der Waals surface area contributed by atoms with E-state index in [0.717, 1.165) is 0 Å². The van der Waals surface area contributed by atoms with E-state index in [1.807, 2.05) is 0 Å². The molecule has 0 spiro atoms. The number of carbonyl (C=O) groups is 1. The van der Waals surface area contributed by atoms with Gasteiger partial charge in [-0.3, -0.25) is 4.79 Å². The van der Waals surface area contributed by atoms with Gasteiger partial charge in [0.25, 0.3) is 0 Å². The van der Waals surface area contributed by atoms with E-state index in [2.05, 4.69) is 14.8 Å². The molecule has 2 aliphatic rings. The molecule has 1 fully saturated rings. The smallest absolute Gasteiger partial charge is 0.395 e. The van der Waals surface area contributed by atoms with Crippen LogP contribution in [0.5, 0.6) is 11.5 Å². The summed E-state index contributed by atoms with van der Waals surface area (Å²) in [5.41, 5.74) is -0.752. The van der Waals surface area contributed by atoms with Crippen LogP contribution < -0.4 is 14.8 Å². The Balaban J connectivity index is 1.50. The molecular formula is C26H27F3N2O6. The van der Waals surface area contributed by atoms with Crippen molar-refractivity contribution in [3.8, 4) is 11.5 Å². The molecule has 1 unspecified atom stereocenters. The van der Waals surface area contributed by atoms with Gasteiger partial charge in [-0.1, -0.05) is 26.0 Å². The molecule has 4 N–H and O–H groups in total. The van der Waals surface area contributed by atoms with Crippen molar-refractivity contribution in [1.29, 1.82) is 0 Å². The molecule has 11 heteroatoms. The molecular weight excluding hydrogens is 493 g/mol. The van der Waals surface area contributed by atoms with E-state index >= 15 is 4.39 Å². The predicted molar refractivity (Wildman–Crippen MR) is 127 cm³/mol. The standard InChI is InChI=1S/C26H27F3N2O6/c1-24(2,13-33)21-9-14-8-18(17(27)10-19(14)31(21)11-15(34)12-32)30-23(35)25(6-7-25)16-4-3-5-20-22(16)37-26(28,29)36-20/h3-5,8-10,15,32-34H,6-7,11-13H2,1-2H3,(H,30,35). The van der Waals surface area contributed by atoms with Gasteiger partial charge in [-0.25, -0.2) is 4.39 Å². The molecule has 198 valence electrons. The van der Waals surface area contributed by atoms with E-state index in [1.54, 1.807) is 24.5 Å². The van der Waals surface area contributed by atoms with Gasteiger partial charge < -0.3 is 34.7 Å². The lowest BCUT2D eigenvalue weighted by Gasteiger charge is -2.25. The van der Waals surface area contributed by atoms with Gasteiger partial charge in [0.05, 0.1) is 42.5 Å². The molecule has 1 atom stereocenters. The monoisotopic (exact) mass is 520 g/mol. The van der Waals surface area contributed by atoms with E-state index in [9.17, 15) is 28.9 Å². The second-order valence-electron chi connectivity index (χ2n) is 10.2. The summed E-state index contributed by atoms with van der Waals surface area (Å²) in [6, 6.07) is 8.72. The van der Waals surface area contributed by atoms with Crippen molar-refractivity contribution < 1.29 is 42.8 Å². The molecule has 8 nitrogen and oxygen atoms in total. The fourth-order valence-electron chi connectivity index (χ4n) is 4.82. The van der Waals surface area contributed by atoms with Crippen LogP contribution in [0.4, 0.5) is 18.9 Å². The average molecular weight is 521 g/mol. The highest BCUT2D eigenvalue weighted by atomic mass is 19.3.